The molecule has 1 fully saturated rings. The van der Waals surface area contributed by atoms with Crippen LogP contribution in [0.5, 0.6) is 0 Å². The van der Waals surface area contributed by atoms with Gasteiger partial charge in [-0.15, -0.1) is 0 Å². The van der Waals surface area contributed by atoms with Crippen molar-refractivity contribution in [2.24, 2.45) is 0 Å². The molecule has 160 valence electrons. The number of hydrogen-bond donors (Lipinski definition) is 1. The van der Waals surface area contributed by atoms with Gasteiger partial charge < -0.3 is 10.2 Å². The van der Waals surface area contributed by atoms with E-state index in [-0.39, 0.29) is 17.9 Å². The van der Waals surface area contributed by atoms with E-state index in [0.29, 0.717) is 37.6 Å². The van der Waals surface area contributed by atoms with Crippen LogP contribution in [0.3, 0.4) is 0 Å². The quantitative estimate of drug-likeness (QED) is 0.663. The average molecular weight is 437 g/mol. The van der Waals surface area contributed by atoms with Crippen molar-refractivity contribution in [1.82, 2.24) is 14.8 Å². The van der Waals surface area contributed by atoms with Crippen LogP contribution in [-0.4, -0.2) is 58.8 Å². The lowest BCUT2D eigenvalue weighted by Crippen LogP contribution is -2.54. The van der Waals surface area contributed by atoms with E-state index in [0.717, 1.165) is 22.2 Å². The Kier molecular flexibility index (Phi) is 6.49. The molecule has 6 nitrogen and oxygen atoms in total. The molecule has 1 aliphatic rings. The fraction of sp³-hybridized carbons (Fsp3) is 0.292. The maximum atomic E-state index is 12.9. The fourth-order valence-electron chi connectivity index (χ4n) is 3.89. The number of carbonyl (C=O) groups is 2. The van der Waals surface area contributed by atoms with Crippen molar-refractivity contribution >= 4 is 40.0 Å². The van der Waals surface area contributed by atoms with E-state index in [9.17, 15) is 9.59 Å². The lowest BCUT2D eigenvalue weighted by molar-refractivity contribution is -0.133. The van der Waals surface area contributed by atoms with Gasteiger partial charge in [0.25, 0.3) is 0 Å². The van der Waals surface area contributed by atoms with Gasteiger partial charge in [0.1, 0.15) is 0 Å². The highest BCUT2D eigenvalue weighted by atomic mass is 35.5. The molecule has 0 bridgehead atoms. The first-order valence-corrected chi connectivity index (χ1v) is 10.8. The molecule has 2 amide bonds. The molecular formula is C24H25ClN4O2. The van der Waals surface area contributed by atoms with Crippen LogP contribution in [-0.2, 0) is 16.0 Å². The highest BCUT2D eigenvalue weighted by molar-refractivity contribution is 6.31. The minimum absolute atomic E-state index is 0.0628. The number of pyridine rings is 1. The van der Waals surface area contributed by atoms with Crippen molar-refractivity contribution < 1.29 is 9.59 Å². The molecular weight excluding hydrogens is 412 g/mol. The molecule has 0 spiro atoms. The van der Waals surface area contributed by atoms with Crippen molar-refractivity contribution in [2.75, 3.05) is 31.5 Å². The first-order chi connectivity index (χ1) is 15.0. The second-order valence-electron chi connectivity index (χ2n) is 7.73. The lowest BCUT2D eigenvalue weighted by Gasteiger charge is -2.37. The molecule has 7 heteroatoms. The summed E-state index contributed by atoms with van der Waals surface area (Å²) in [7, 11) is 0. The van der Waals surface area contributed by atoms with Crippen molar-refractivity contribution in [3.63, 3.8) is 0 Å². The molecule has 1 aromatic heterocycles. The standard InChI is InChI=1S/C24H25ClN4O2/c1-17(24(31)27-22-10-4-9-21-19(22)7-5-11-26-21)28-12-14-29(15-13-28)23(30)16-18-6-2-3-8-20(18)25/h2-11,17H,12-16H2,1H3,(H,27,31). The summed E-state index contributed by atoms with van der Waals surface area (Å²) in [6.45, 7) is 4.40. The molecule has 1 aliphatic heterocycles. The minimum Gasteiger partial charge on any atom is -0.340 e. The lowest BCUT2D eigenvalue weighted by atomic mass is 10.1. The number of aromatic nitrogens is 1. The summed E-state index contributed by atoms with van der Waals surface area (Å²) in [6, 6.07) is 16.6. The van der Waals surface area contributed by atoms with Crippen molar-refractivity contribution in [3.8, 4) is 0 Å². The number of fused-ring (bicyclic) bond motifs is 1. The van der Waals surface area contributed by atoms with Gasteiger partial charge in [0.05, 0.1) is 23.7 Å². The van der Waals surface area contributed by atoms with E-state index in [1.165, 1.54) is 0 Å². The summed E-state index contributed by atoms with van der Waals surface area (Å²) in [4.78, 5) is 33.8. The summed E-state index contributed by atoms with van der Waals surface area (Å²) >= 11 is 6.18. The molecule has 31 heavy (non-hydrogen) atoms. The fourth-order valence-corrected chi connectivity index (χ4v) is 4.09. The number of carbonyl (C=O) groups excluding carboxylic acids is 2. The summed E-state index contributed by atoms with van der Waals surface area (Å²) < 4.78 is 0. The third-order valence-corrected chi connectivity index (χ3v) is 6.17. The highest BCUT2D eigenvalue weighted by Gasteiger charge is 2.28. The number of anilines is 1. The summed E-state index contributed by atoms with van der Waals surface area (Å²) in [5.74, 6) is 0.000284. The van der Waals surface area contributed by atoms with Gasteiger partial charge >= 0.3 is 0 Å². The smallest absolute Gasteiger partial charge is 0.241 e. The van der Waals surface area contributed by atoms with E-state index < -0.39 is 0 Å². The molecule has 1 saturated heterocycles. The predicted octanol–water partition coefficient (Wildman–Crippen LogP) is 3.60. The van der Waals surface area contributed by atoms with Crippen LogP contribution in [0.4, 0.5) is 5.69 Å². The topological polar surface area (TPSA) is 65.5 Å². The zero-order valence-electron chi connectivity index (χ0n) is 17.4. The van der Waals surface area contributed by atoms with E-state index in [1.54, 1.807) is 12.3 Å². The Labute approximate surface area is 186 Å². The van der Waals surface area contributed by atoms with Crippen LogP contribution in [0.1, 0.15) is 12.5 Å². The van der Waals surface area contributed by atoms with Crippen LogP contribution in [0, 0.1) is 0 Å². The molecule has 4 rings (SSSR count). The number of amides is 2. The maximum Gasteiger partial charge on any atom is 0.241 e. The normalized spacial score (nSPS) is 15.6. The third kappa shape index (κ3) is 4.86. The van der Waals surface area contributed by atoms with Crippen LogP contribution in [0.15, 0.2) is 60.8 Å². The SMILES string of the molecule is CC(C(=O)Nc1cccc2ncccc12)N1CCN(C(=O)Cc2ccccc2Cl)CC1. The van der Waals surface area contributed by atoms with Gasteiger partial charge in [0, 0.05) is 42.8 Å². The monoisotopic (exact) mass is 436 g/mol. The Bertz CT molecular complexity index is 1090. The van der Waals surface area contributed by atoms with Crippen molar-refractivity contribution in [3.05, 3.63) is 71.4 Å². The molecule has 1 unspecified atom stereocenters. The van der Waals surface area contributed by atoms with Gasteiger partial charge in [-0.2, -0.15) is 0 Å². The van der Waals surface area contributed by atoms with Crippen LogP contribution < -0.4 is 5.32 Å². The molecule has 2 heterocycles. The minimum atomic E-state index is -0.298. The van der Waals surface area contributed by atoms with Gasteiger partial charge in [-0.05, 0) is 42.8 Å². The Hall–Kier alpha value is -2.96. The first kappa shape index (κ1) is 21.3. The highest BCUT2D eigenvalue weighted by Crippen LogP contribution is 2.22. The molecule has 1 atom stereocenters. The largest absolute Gasteiger partial charge is 0.340 e. The third-order valence-electron chi connectivity index (χ3n) is 5.80. The van der Waals surface area contributed by atoms with Gasteiger partial charge in [0.15, 0.2) is 0 Å². The van der Waals surface area contributed by atoms with Gasteiger partial charge in [-0.1, -0.05) is 35.9 Å². The number of benzene rings is 2. The van der Waals surface area contributed by atoms with Gasteiger partial charge in [-0.25, -0.2) is 0 Å². The number of nitrogens with zero attached hydrogens (tertiary/aromatic N) is 3. The number of rotatable bonds is 5. The molecule has 2 aromatic carbocycles. The molecule has 0 radical (unpaired) electrons. The number of piperazine rings is 1. The van der Waals surface area contributed by atoms with E-state index in [2.05, 4.69) is 15.2 Å². The van der Waals surface area contributed by atoms with E-state index in [4.69, 9.17) is 11.6 Å². The van der Waals surface area contributed by atoms with Crippen LogP contribution in [0.2, 0.25) is 5.02 Å². The van der Waals surface area contributed by atoms with E-state index in [1.807, 2.05) is 60.4 Å². The molecule has 0 aliphatic carbocycles. The van der Waals surface area contributed by atoms with Crippen molar-refractivity contribution in [1.29, 1.82) is 0 Å². The predicted molar refractivity (Wildman–Crippen MR) is 123 cm³/mol. The summed E-state index contributed by atoms with van der Waals surface area (Å²) in [5.41, 5.74) is 2.45. The second-order valence-corrected chi connectivity index (χ2v) is 8.13. The van der Waals surface area contributed by atoms with E-state index >= 15 is 0 Å². The number of hydrogen-bond acceptors (Lipinski definition) is 4. The second kappa shape index (κ2) is 9.45. The average Bonchev–Trinajstić information content (AvgIpc) is 2.80. The van der Waals surface area contributed by atoms with Gasteiger partial charge in [-0.3, -0.25) is 19.5 Å². The number of nitrogens with one attached hydrogen (secondary N) is 1. The maximum absolute atomic E-state index is 12.9. The van der Waals surface area contributed by atoms with Crippen LogP contribution in [0.25, 0.3) is 10.9 Å². The zero-order chi connectivity index (χ0) is 21.8. The van der Waals surface area contributed by atoms with Gasteiger partial charge in [0.2, 0.25) is 11.8 Å². The Morgan fingerprint density at radius 1 is 1.03 bits per heavy atom. The molecule has 0 saturated carbocycles. The summed E-state index contributed by atoms with van der Waals surface area (Å²) in [6.07, 6.45) is 2.04. The Morgan fingerprint density at radius 3 is 2.58 bits per heavy atom. The Balaban J connectivity index is 1.33. The van der Waals surface area contributed by atoms with Crippen LogP contribution >= 0.6 is 11.6 Å². The van der Waals surface area contributed by atoms with Crippen molar-refractivity contribution in [2.45, 2.75) is 19.4 Å². The zero-order valence-corrected chi connectivity index (χ0v) is 18.2. The Morgan fingerprint density at radius 2 is 1.81 bits per heavy atom. The molecule has 3 aromatic rings. The first-order valence-electron chi connectivity index (χ1n) is 10.4. The summed E-state index contributed by atoms with van der Waals surface area (Å²) in [5, 5.41) is 4.57. The number of halogens is 1. The molecule has 1 N–H and O–H groups in total.